The van der Waals surface area contributed by atoms with Crippen LogP contribution in [0, 0.1) is 0 Å². The lowest BCUT2D eigenvalue weighted by Crippen LogP contribution is -2.51. The van der Waals surface area contributed by atoms with Crippen LogP contribution in [0.3, 0.4) is 0 Å². The van der Waals surface area contributed by atoms with Crippen LogP contribution < -0.4 is 10.6 Å². The lowest BCUT2D eigenvalue weighted by molar-refractivity contribution is 0.380. The molecule has 124 valence electrons. The van der Waals surface area contributed by atoms with Gasteiger partial charge in [0.1, 0.15) is 17.9 Å². The van der Waals surface area contributed by atoms with E-state index in [2.05, 4.69) is 19.8 Å². The lowest BCUT2D eigenvalue weighted by atomic mass is 10.2. The van der Waals surface area contributed by atoms with Gasteiger partial charge in [-0.15, -0.1) is 11.3 Å². The van der Waals surface area contributed by atoms with Crippen molar-refractivity contribution in [2.24, 2.45) is 10.7 Å². The fourth-order valence-corrected chi connectivity index (χ4v) is 3.57. The van der Waals surface area contributed by atoms with Crippen LogP contribution in [-0.4, -0.2) is 42.0 Å². The van der Waals surface area contributed by atoms with Gasteiger partial charge in [0.15, 0.2) is 11.1 Å². The van der Waals surface area contributed by atoms with E-state index in [1.165, 1.54) is 0 Å². The number of hydrogen-bond acceptors (Lipinski definition) is 5. The Morgan fingerprint density at radius 1 is 1.25 bits per heavy atom. The monoisotopic (exact) mass is 341 g/mol. The number of thiazole rings is 1. The lowest BCUT2D eigenvalue weighted by Gasteiger charge is -2.35. The van der Waals surface area contributed by atoms with Crippen molar-refractivity contribution >= 4 is 33.4 Å². The number of aromatic nitrogens is 1. The van der Waals surface area contributed by atoms with E-state index in [0.717, 1.165) is 48.0 Å². The van der Waals surface area contributed by atoms with Gasteiger partial charge in [-0.05, 0) is 12.1 Å². The first-order valence-corrected chi connectivity index (χ1v) is 8.84. The van der Waals surface area contributed by atoms with Gasteiger partial charge in [0.25, 0.3) is 0 Å². The number of piperazine rings is 1. The number of benzene rings is 1. The molecule has 3 aromatic rings. The van der Waals surface area contributed by atoms with E-state index in [4.69, 9.17) is 10.2 Å². The first-order valence-electron chi connectivity index (χ1n) is 7.96. The fourth-order valence-electron chi connectivity index (χ4n) is 2.87. The number of guanidine groups is 1. The van der Waals surface area contributed by atoms with E-state index >= 15 is 0 Å². The average molecular weight is 341 g/mol. The normalized spacial score (nSPS) is 16.1. The van der Waals surface area contributed by atoms with Crippen molar-refractivity contribution < 1.29 is 4.42 Å². The average Bonchev–Trinajstić information content (AvgIpc) is 3.29. The number of nitrogens with two attached hydrogens (primary N) is 1. The zero-order valence-corrected chi connectivity index (χ0v) is 14.1. The molecular weight excluding hydrogens is 322 g/mol. The standard InChI is InChI=1S/C17H19N5OS/c18-16(20-12-14-11-13-3-1-2-4-15(13)23-14)21-6-8-22(9-7-21)17-19-5-10-24-17/h1-5,10-11H,6-9,12H2,(H2,18,20). The van der Waals surface area contributed by atoms with E-state index in [1.807, 2.05) is 41.9 Å². The SMILES string of the molecule is NC(=NCc1cc2ccccc2o1)N1CCN(c2nccs2)CC1. The molecule has 2 aromatic heterocycles. The second-order valence-corrected chi connectivity index (χ2v) is 6.59. The molecule has 4 rings (SSSR count). The largest absolute Gasteiger partial charge is 0.459 e. The van der Waals surface area contributed by atoms with Crippen LogP contribution in [0.4, 0.5) is 5.13 Å². The number of fused-ring (bicyclic) bond motifs is 1. The van der Waals surface area contributed by atoms with Gasteiger partial charge in [0, 0.05) is 43.1 Å². The van der Waals surface area contributed by atoms with E-state index in [1.54, 1.807) is 11.3 Å². The molecule has 3 heterocycles. The van der Waals surface area contributed by atoms with Gasteiger partial charge in [0.2, 0.25) is 0 Å². The van der Waals surface area contributed by atoms with Gasteiger partial charge in [0.05, 0.1) is 0 Å². The molecule has 0 saturated carbocycles. The summed E-state index contributed by atoms with van der Waals surface area (Å²) in [6.45, 7) is 4.00. The summed E-state index contributed by atoms with van der Waals surface area (Å²) in [4.78, 5) is 13.3. The van der Waals surface area contributed by atoms with Crippen LogP contribution in [0.1, 0.15) is 5.76 Å². The van der Waals surface area contributed by atoms with E-state index in [-0.39, 0.29) is 0 Å². The Morgan fingerprint density at radius 3 is 2.83 bits per heavy atom. The van der Waals surface area contributed by atoms with Crippen molar-refractivity contribution in [1.29, 1.82) is 0 Å². The molecule has 0 amide bonds. The number of para-hydroxylation sites is 1. The maximum Gasteiger partial charge on any atom is 0.191 e. The summed E-state index contributed by atoms with van der Waals surface area (Å²) in [5, 5.41) is 4.18. The van der Waals surface area contributed by atoms with E-state index < -0.39 is 0 Å². The molecule has 7 heteroatoms. The Bertz CT molecular complexity index is 801. The topological polar surface area (TPSA) is 70.9 Å². The molecule has 1 fully saturated rings. The summed E-state index contributed by atoms with van der Waals surface area (Å²) in [7, 11) is 0. The first kappa shape index (κ1) is 15.0. The first-order chi connectivity index (χ1) is 11.8. The van der Waals surface area contributed by atoms with Gasteiger partial charge >= 0.3 is 0 Å². The quantitative estimate of drug-likeness (QED) is 0.585. The summed E-state index contributed by atoms with van der Waals surface area (Å²) < 4.78 is 5.78. The number of hydrogen-bond donors (Lipinski definition) is 1. The van der Waals surface area contributed by atoms with Gasteiger partial charge < -0.3 is 20.0 Å². The van der Waals surface area contributed by atoms with Crippen LogP contribution in [0.25, 0.3) is 11.0 Å². The summed E-state index contributed by atoms with van der Waals surface area (Å²) in [6.07, 6.45) is 1.84. The van der Waals surface area contributed by atoms with Gasteiger partial charge in [-0.3, -0.25) is 0 Å². The maximum atomic E-state index is 6.16. The summed E-state index contributed by atoms with van der Waals surface area (Å²) in [5.41, 5.74) is 7.04. The second-order valence-electron chi connectivity index (χ2n) is 5.71. The third-order valence-corrected chi connectivity index (χ3v) is 5.00. The van der Waals surface area contributed by atoms with Gasteiger partial charge in [-0.2, -0.15) is 0 Å². The highest BCUT2D eigenvalue weighted by Crippen LogP contribution is 2.20. The zero-order valence-electron chi connectivity index (χ0n) is 13.3. The van der Waals surface area contributed by atoms with E-state index in [9.17, 15) is 0 Å². The Labute approximate surface area is 144 Å². The summed E-state index contributed by atoms with van der Waals surface area (Å²) in [5.74, 6) is 1.41. The number of nitrogens with zero attached hydrogens (tertiary/aromatic N) is 4. The molecule has 1 aliphatic heterocycles. The molecule has 0 bridgehead atoms. The number of furan rings is 1. The molecule has 0 radical (unpaired) electrons. The summed E-state index contributed by atoms with van der Waals surface area (Å²) in [6, 6.07) is 9.99. The molecule has 0 aliphatic carbocycles. The third kappa shape index (κ3) is 3.07. The smallest absolute Gasteiger partial charge is 0.191 e. The highest BCUT2D eigenvalue weighted by Gasteiger charge is 2.19. The number of rotatable bonds is 3. The Kier molecular flexibility index (Phi) is 4.08. The predicted molar refractivity (Wildman–Crippen MR) is 97.4 cm³/mol. The molecule has 0 atom stereocenters. The van der Waals surface area contributed by atoms with Gasteiger partial charge in [-0.1, -0.05) is 18.2 Å². The van der Waals surface area contributed by atoms with Crippen molar-refractivity contribution in [2.45, 2.75) is 6.54 Å². The minimum Gasteiger partial charge on any atom is -0.459 e. The van der Waals surface area contributed by atoms with Crippen molar-refractivity contribution in [3.8, 4) is 0 Å². The molecule has 1 saturated heterocycles. The van der Waals surface area contributed by atoms with Crippen LogP contribution in [0.2, 0.25) is 0 Å². The fraction of sp³-hybridized carbons (Fsp3) is 0.294. The Morgan fingerprint density at radius 2 is 2.08 bits per heavy atom. The highest BCUT2D eigenvalue weighted by atomic mass is 32.1. The van der Waals surface area contributed by atoms with Crippen molar-refractivity contribution in [3.63, 3.8) is 0 Å². The molecular formula is C17H19N5OS. The maximum absolute atomic E-state index is 6.16. The highest BCUT2D eigenvalue weighted by molar-refractivity contribution is 7.13. The second kappa shape index (κ2) is 6.52. The zero-order chi connectivity index (χ0) is 16.4. The third-order valence-electron chi connectivity index (χ3n) is 4.17. The molecule has 6 nitrogen and oxygen atoms in total. The number of anilines is 1. The summed E-state index contributed by atoms with van der Waals surface area (Å²) >= 11 is 1.67. The van der Waals surface area contributed by atoms with Crippen molar-refractivity contribution in [3.05, 3.63) is 47.7 Å². The van der Waals surface area contributed by atoms with Crippen molar-refractivity contribution in [2.75, 3.05) is 31.1 Å². The Hall–Kier alpha value is -2.54. The van der Waals surface area contributed by atoms with Crippen LogP contribution in [0.15, 0.2) is 51.3 Å². The molecule has 24 heavy (non-hydrogen) atoms. The van der Waals surface area contributed by atoms with Gasteiger partial charge in [-0.25, -0.2) is 9.98 Å². The van der Waals surface area contributed by atoms with Crippen LogP contribution >= 0.6 is 11.3 Å². The predicted octanol–water partition coefficient (Wildman–Crippen LogP) is 2.53. The molecule has 0 unspecified atom stereocenters. The Balaban J connectivity index is 1.37. The van der Waals surface area contributed by atoms with E-state index in [0.29, 0.717) is 12.5 Å². The molecule has 1 aliphatic rings. The van der Waals surface area contributed by atoms with Crippen LogP contribution in [-0.2, 0) is 6.54 Å². The molecule has 0 spiro atoms. The minimum atomic E-state index is 0.465. The van der Waals surface area contributed by atoms with Crippen LogP contribution in [0.5, 0.6) is 0 Å². The number of aliphatic imine (C=N–C) groups is 1. The van der Waals surface area contributed by atoms with Crippen molar-refractivity contribution in [1.82, 2.24) is 9.88 Å². The molecule has 1 aromatic carbocycles. The molecule has 2 N–H and O–H groups in total. The minimum absolute atomic E-state index is 0.465.